The van der Waals surface area contributed by atoms with Gasteiger partial charge in [0.05, 0.1) is 5.60 Å². The fourth-order valence-electron chi connectivity index (χ4n) is 1.53. The van der Waals surface area contributed by atoms with E-state index in [1.807, 2.05) is 30.3 Å². The van der Waals surface area contributed by atoms with Crippen molar-refractivity contribution in [1.29, 1.82) is 0 Å². The van der Waals surface area contributed by atoms with Crippen LogP contribution in [0.25, 0.3) is 11.4 Å². The van der Waals surface area contributed by atoms with Crippen LogP contribution in [0.15, 0.2) is 36.4 Å². The second-order valence-electron chi connectivity index (χ2n) is 4.93. The molecule has 0 unspecified atom stereocenters. The predicted molar refractivity (Wildman–Crippen MR) is 77.3 cm³/mol. The molecule has 0 aliphatic rings. The fraction of sp³-hybridized carbons (Fsp3) is 0.286. The van der Waals surface area contributed by atoms with Crippen molar-refractivity contribution >= 4 is 17.4 Å². The van der Waals surface area contributed by atoms with Crippen molar-refractivity contribution in [2.24, 2.45) is 0 Å². The molecule has 19 heavy (non-hydrogen) atoms. The molecule has 5 heteroatoms. The Labute approximate surface area is 117 Å². The summed E-state index contributed by atoms with van der Waals surface area (Å²) < 4.78 is 0. The second kappa shape index (κ2) is 5.55. The highest BCUT2D eigenvalue weighted by atomic mass is 35.5. The highest BCUT2D eigenvalue weighted by Gasteiger charge is 2.13. The number of aromatic nitrogens is 2. The Hall–Kier alpha value is -1.65. The average Bonchev–Trinajstić information content (AvgIpc) is 2.36. The number of nitrogens with zero attached hydrogens (tertiary/aromatic N) is 2. The quantitative estimate of drug-likeness (QED) is 0.844. The van der Waals surface area contributed by atoms with Gasteiger partial charge in [0.1, 0.15) is 11.0 Å². The molecule has 0 aliphatic carbocycles. The van der Waals surface area contributed by atoms with E-state index >= 15 is 0 Å². The lowest BCUT2D eigenvalue weighted by Gasteiger charge is -2.18. The summed E-state index contributed by atoms with van der Waals surface area (Å²) in [4.78, 5) is 8.59. The van der Waals surface area contributed by atoms with Gasteiger partial charge in [-0.15, -0.1) is 0 Å². The Kier molecular flexibility index (Phi) is 4.02. The van der Waals surface area contributed by atoms with E-state index in [9.17, 15) is 5.11 Å². The third-order valence-electron chi connectivity index (χ3n) is 2.43. The first kappa shape index (κ1) is 13.8. The lowest BCUT2D eigenvalue weighted by molar-refractivity contribution is 0.0944. The van der Waals surface area contributed by atoms with Gasteiger partial charge in [-0.3, -0.25) is 0 Å². The summed E-state index contributed by atoms with van der Waals surface area (Å²) in [5.41, 5.74) is 0.0842. The average molecular weight is 278 g/mol. The van der Waals surface area contributed by atoms with Crippen molar-refractivity contribution in [2.75, 3.05) is 11.9 Å². The normalized spacial score (nSPS) is 11.4. The maximum absolute atomic E-state index is 9.70. The van der Waals surface area contributed by atoms with Gasteiger partial charge in [-0.1, -0.05) is 41.9 Å². The van der Waals surface area contributed by atoms with Crippen molar-refractivity contribution in [3.05, 3.63) is 41.6 Å². The minimum Gasteiger partial charge on any atom is -0.389 e. The van der Waals surface area contributed by atoms with E-state index in [0.29, 0.717) is 23.3 Å². The number of hydrogen-bond donors (Lipinski definition) is 2. The molecule has 0 amide bonds. The summed E-state index contributed by atoms with van der Waals surface area (Å²) in [6.45, 7) is 3.83. The molecular weight excluding hydrogens is 262 g/mol. The van der Waals surface area contributed by atoms with Gasteiger partial charge in [-0.2, -0.15) is 0 Å². The zero-order chi connectivity index (χ0) is 13.9. The van der Waals surface area contributed by atoms with E-state index in [4.69, 9.17) is 11.6 Å². The molecule has 2 N–H and O–H groups in total. The Balaban J connectivity index is 2.25. The van der Waals surface area contributed by atoms with Gasteiger partial charge in [-0.05, 0) is 13.8 Å². The van der Waals surface area contributed by atoms with Crippen molar-refractivity contribution < 1.29 is 5.11 Å². The molecular formula is C14H16ClN3O. The fourth-order valence-corrected chi connectivity index (χ4v) is 1.71. The zero-order valence-electron chi connectivity index (χ0n) is 10.9. The number of nitrogens with one attached hydrogen (secondary N) is 1. The van der Waals surface area contributed by atoms with E-state index in [1.54, 1.807) is 19.9 Å². The third-order valence-corrected chi connectivity index (χ3v) is 2.62. The van der Waals surface area contributed by atoms with Gasteiger partial charge in [0, 0.05) is 18.2 Å². The topological polar surface area (TPSA) is 58.0 Å². The minimum atomic E-state index is -0.815. The number of hydrogen-bond acceptors (Lipinski definition) is 4. The lowest BCUT2D eigenvalue weighted by atomic mass is 10.1. The molecule has 0 radical (unpaired) electrons. The number of rotatable bonds is 4. The summed E-state index contributed by atoms with van der Waals surface area (Å²) in [6.07, 6.45) is 0. The van der Waals surface area contributed by atoms with Crippen LogP contribution >= 0.6 is 11.6 Å². The van der Waals surface area contributed by atoms with Gasteiger partial charge in [0.25, 0.3) is 0 Å². The zero-order valence-corrected chi connectivity index (χ0v) is 11.6. The molecule has 100 valence electrons. The van der Waals surface area contributed by atoms with Crippen LogP contribution in [-0.4, -0.2) is 27.2 Å². The monoisotopic (exact) mass is 277 g/mol. The van der Waals surface area contributed by atoms with E-state index in [0.717, 1.165) is 5.56 Å². The molecule has 4 nitrogen and oxygen atoms in total. The lowest BCUT2D eigenvalue weighted by Crippen LogP contribution is -2.29. The van der Waals surface area contributed by atoms with Crippen molar-refractivity contribution in [3.63, 3.8) is 0 Å². The molecule has 1 aromatic heterocycles. The molecule has 2 aromatic rings. The number of benzene rings is 1. The SMILES string of the molecule is CC(C)(O)CNc1cc(Cl)nc(-c2ccccc2)n1. The molecule has 0 aliphatic heterocycles. The van der Waals surface area contributed by atoms with Crippen molar-refractivity contribution in [3.8, 4) is 11.4 Å². The first-order chi connectivity index (χ1) is 8.94. The molecule has 0 saturated heterocycles. The van der Waals surface area contributed by atoms with Crippen molar-refractivity contribution in [2.45, 2.75) is 19.4 Å². The van der Waals surface area contributed by atoms with E-state index in [1.165, 1.54) is 0 Å². The van der Waals surface area contributed by atoms with Gasteiger partial charge in [-0.25, -0.2) is 9.97 Å². The smallest absolute Gasteiger partial charge is 0.163 e. The first-order valence-corrected chi connectivity index (χ1v) is 6.38. The molecule has 2 rings (SSSR count). The van der Waals surface area contributed by atoms with Gasteiger partial charge >= 0.3 is 0 Å². The molecule has 1 aromatic carbocycles. The summed E-state index contributed by atoms with van der Waals surface area (Å²) in [5, 5.41) is 13.1. The highest BCUT2D eigenvalue weighted by Crippen LogP contribution is 2.20. The molecule has 0 saturated carbocycles. The van der Waals surface area contributed by atoms with Crippen LogP contribution < -0.4 is 5.32 Å². The van der Waals surface area contributed by atoms with Crippen LogP contribution in [-0.2, 0) is 0 Å². The number of anilines is 1. The number of halogens is 1. The molecule has 0 bridgehead atoms. The van der Waals surface area contributed by atoms with Gasteiger partial charge in [0.15, 0.2) is 5.82 Å². The van der Waals surface area contributed by atoms with Crippen LogP contribution in [0, 0.1) is 0 Å². The van der Waals surface area contributed by atoms with Crippen LogP contribution in [0.5, 0.6) is 0 Å². The van der Waals surface area contributed by atoms with Crippen LogP contribution in [0.1, 0.15) is 13.8 Å². The van der Waals surface area contributed by atoms with Crippen LogP contribution in [0.2, 0.25) is 5.15 Å². The van der Waals surface area contributed by atoms with E-state index in [2.05, 4.69) is 15.3 Å². The van der Waals surface area contributed by atoms with Crippen LogP contribution in [0.3, 0.4) is 0 Å². The molecule has 1 heterocycles. The maximum atomic E-state index is 9.70. The van der Waals surface area contributed by atoms with Crippen molar-refractivity contribution in [1.82, 2.24) is 9.97 Å². The predicted octanol–water partition coefficient (Wildman–Crippen LogP) is 2.98. The summed E-state index contributed by atoms with van der Waals surface area (Å²) in [6, 6.07) is 11.3. The Morgan fingerprint density at radius 3 is 2.53 bits per heavy atom. The maximum Gasteiger partial charge on any atom is 0.163 e. The summed E-state index contributed by atoms with van der Waals surface area (Å²) in [7, 11) is 0. The Morgan fingerprint density at radius 2 is 1.89 bits per heavy atom. The largest absolute Gasteiger partial charge is 0.389 e. The van der Waals surface area contributed by atoms with Crippen LogP contribution in [0.4, 0.5) is 5.82 Å². The highest BCUT2D eigenvalue weighted by molar-refractivity contribution is 6.29. The van der Waals surface area contributed by atoms with E-state index < -0.39 is 5.60 Å². The molecule has 0 atom stereocenters. The minimum absolute atomic E-state index is 0.368. The summed E-state index contributed by atoms with van der Waals surface area (Å²) >= 11 is 6.00. The Bertz CT molecular complexity index is 552. The Morgan fingerprint density at radius 1 is 1.21 bits per heavy atom. The van der Waals surface area contributed by atoms with E-state index in [-0.39, 0.29) is 0 Å². The molecule has 0 spiro atoms. The second-order valence-corrected chi connectivity index (χ2v) is 5.32. The molecule has 0 fully saturated rings. The number of aliphatic hydroxyl groups is 1. The standard InChI is InChI=1S/C14H16ClN3O/c1-14(2,19)9-16-12-8-11(15)17-13(18-12)10-6-4-3-5-7-10/h3-8,19H,9H2,1-2H3,(H,16,17,18). The first-order valence-electron chi connectivity index (χ1n) is 6.00. The summed E-state index contributed by atoms with van der Waals surface area (Å²) in [5.74, 6) is 1.16. The van der Waals surface area contributed by atoms with Gasteiger partial charge < -0.3 is 10.4 Å². The van der Waals surface area contributed by atoms with Gasteiger partial charge in [0.2, 0.25) is 0 Å². The third kappa shape index (κ3) is 4.19.